The van der Waals surface area contributed by atoms with Gasteiger partial charge in [0.25, 0.3) is 0 Å². The van der Waals surface area contributed by atoms with Gasteiger partial charge in [0, 0.05) is 12.8 Å². The van der Waals surface area contributed by atoms with Crippen molar-refractivity contribution in [2.75, 3.05) is 0 Å². The molecular weight excluding hydrogens is 258 g/mol. The largest absolute Gasteiger partial charge is 0.478 e. The minimum Gasteiger partial charge on any atom is -0.478 e. The maximum atomic E-state index is 11.5. The van der Waals surface area contributed by atoms with Crippen molar-refractivity contribution in [3.8, 4) is 5.82 Å². The SMILES string of the molecule is CCc1nc(CC)n(-c2nnc(C)c(C)c2C(=O)O)n1. The van der Waals surface area contributed by atoms with Crippen LogP contribution < -0.4 is 0 Å². The molecule has 20 heavy (non-hydrogen) atoms. The molecule has 0 unspecified atom stereocenters. The molecule has 7 nitrogen and oxygen atoms in total. The maximum absolute atomic E-state index is 11.5. The third kappa shape index (κ3) is 2.26. The predicted octanol–water partition coefficient (Wildman–Crippen LogP) is 1.50. The first-order chi connectivity index (χ1) is 9.49. The summed E-state index contributed by atoms with van der Waals surface area (Å²) in [6.07, 6.45) is 1.32. The van der Waals surface area contributed by atoms with Crippen molar-refractivity contribution in [3.63, 3.8) is 0 Å². The van der Waals surface area contributed by atoms with Gasteiger partial charge >= 0.3 is 5.97 Å². The molecule has 0 aliphatic rings. The molecule has 0 aliphatic carbocycles. The highest BCUT2D eigenvalue weighted by molar-refractivity contribution is 5.92. The van der Waals surface area contributed by atoms with Gasteiger partial charge < -0.3 is 5.11 Å². The molecule has 0 aromatic carbocycles. The Morgan fingerprint density at radius 3 is 2.45 bits per heavy atom. The zero-order valence-electron chi connectivity index (χ0n) is 12.0. The Bertz CT molecular complexity index is 663. The topological polar surface area (TPSA) is 93.8 Å². The molecule has 2 aromatic heterocycles. The highest BCUT2D eigenvalue weighted by Gasteiger charge is 2.22. The third-order valence-corrected chi connectivity index (χ3v) is 3.20. The smallest absolute Gasteiger partial charge is 0.339 e. The van der Waals surface area contributed by atoms with Crippen LogP contribution in [0.3, 0.4) is 0 Å². The second kappa shape index (κ2) is 5.36. The number of aromatic nitrogens is 5. The monoisotopic (exact) mass is 275 g/mol. The number of carbonyl (C=O) groups is 1. The second-order valence-electron chi connectivity index (χ2n) is 4.48. The van der Waals surface area contributed by atoms with E-state index in [0.29, 0.717) is 35.7 Å². The van der Waals surface area contributed by atoms with Gasteiger partial charge in [0.15, 0.2) is 11.6 Å². The standard InChI is InChI=1S/C13H17N5O2/c1-5-9-14-10(6-2)18(17-9)12-11(13(19)20)7(3)8(4)15-16-12/h5-6H2,1-4H3,(H,19,20). The summed E-state index contributed by atoms with van der Waals surface area (Å²) >= 11 is 0. The molecule has 0 atom stereocenters. The van der Waals surface area contributed by atoms with Crippen molar-refractivity contribution in [2.24, 2.45) is 0 Å². The van der Waals surface area contributed by atoms with Gasteiger partial charge in [0.05, 0.1) is 5.69 Å². The predicted molar refractivity (Wildman–Crippen MR) is 72.1 cm³/mol. The lowest BCUT2D eigenvalue weighted by molar-refractivity contribution is 0.0695. The van der Waals surface area contributed by atoms with E-state index in [1.165, 1.54) is 4.68 Å². The van der Waals surface area contributed by atoms with Crippen molar-refractivity contribution < 1.29 is 9.90 Å². The summed E-state index contributed by atoms with van der Waals surface area (Å²) in [5.41, 5.74) is 1.32. The average Bonchev–Trinajstić information content (AvgIpc) is 2.84. The Morgan fingerprint density at radius 1 is 1.20 bits per heavy atom. The van der Waals surface area contributed by atoms with Crippen molar-refractivity contribution in [1.29, 1.82) is 0 Å². The second-order valence-corrected chi connectivity index (χ2v) is 4.48. The average molecular weight is 275 g/mol. The summed E-state index contributed by atoms with van der Waals surface area (Å²) < 4.78 is 1.49. The first kappa shape index (κ1) is 14.1. The fraction of sp³-hybridized carbons (Fsp3) is 0.462. The molecule has 2 heterocycles. The van der Waals surface area contributed by atoms with E-state index in [0.717, 1.165) is 0 Å². The summed E-state index contributed by atoms with van der Waals surface area (Å²) in [4.78, 5) is 15.9. The van der Waals surface area contributed by atoms with Crippen LogP contribution in [0.2, 0.25) is 0 Å². The third-order valence-electron chi connectivity index (χ3n) is 3.20. The molecule has 1 N–H and O–H groups in total. The Labute approximate surface area is 116 Å². The van der Waals surface area contributed by atoms with E-state index in [1.807, 2.05) is 13.8 Å². The van der Waals surface area contributed by atoms with E-state index in [4.69, 9.17) is 0 Å². The Balaban J connectivity index is 2.72. The van der Waals surface area contributed by atoms with Crippen molar-refractivity contribution in [2.45, 2.75) is 40.5 Å². The molecule has 2 aromatic rings. The van der Waals surface area contributed by atoms with Gasteiger partial charge in [-0.15, -0.1) is 10.2 Å². The number of rotatable bonds is 4. The van der Waals surface area contributed by atoms with E-state index in [2.05, 4.69) is 20.3 Å². The van der Waals surface area contributed by atoms with Crippen LogP contribution in [0.1, 0.15) is 47.1 Å². The van der Waals surface area contributed by atoms with Crippen LogP contribution in [0.15, 0.2) is 0 Å². The Hall–Kier alpha value is -2.31. The first-order valence-electron chi connectivity index (χ1n) is 6.51. The molecule has 0 saturated heterocycles. The van der Waals surface area contributed by atoms with Crippen LogP contribution in [-0.2, 0) is 12.8 Å². The van der Waals surface area contributed by atoms with Crippen LogP contribution >= 0.6 is 0 Å². The molecule has 0 bridgehead atoms. The molecule has 106 valence electrons. The molecule has 0 amide bonds. The summed E-state index contributed by atoms with van der Waals surface area (Å²) in [5, 5.41) is 21.8. The quantitative estimate of drug-likeness (QED) is 0.908. The van der Waals surface area contributed by atoms with Gasteiger partial charge in [-0.1, -0.05) is 13.8 Å². The molecular formula is C13H17N5O2. The zero-order chi connectivity index (χ0) is 14.9. The number of aryl methyl sites for hydroxylation is 3. The number of aromatic carboxylic acids is 1. The number of hydrogen-bond donors (Lipinski definition) is 1. The van der Waals surface area contributed by atoms with Crippen LogP contribution in [0, 0.1) is 13.8 Å². The lowest BCUT2D eigenvalue weighted by atomic mass is 10.1. The highest BCUT2D eigenvalue weighted by atomic mass is 16.4. The minimum atomic E-state index is -1.04. The number of carboxylic acids is 1. The highest BCUT2D eigenvalue weighted by Crippen LogP contribution is 2.19. The van der Waals surface area contributed by atoms with E-state index < -0.39 is 5.97 Å². The van der Waals surface area contributed by atoms with Crippen LogP contribution in [0.4, 0.5) is 0 Å². The molecule has 0 aliphatic heterocycles. The zero-order valence-corrected chi connectivity index (χ0v) is 12.0. The van der Waals surface area contributed by atoms with Gasteiger partial charge in [0.2, 0.25) is 0 Å². The number of nitrogens with zero attached hydrogens (tertiary/aromatic N) is 5. The van der Waals surface area contributed by atoms with E-state index in [1.54, 1.807) is 13.8 Å². The number of hydrogen-bond acceptors (Lipinski definition) is 5. The minimum absolute atomic E-state index is 0.125. The Kier molecular flexibility index (Phi) is 3.78. The van der Waals surface area contributed by atoms with Crippen molar-refractivity contribution >= 4 is 5.97 Å². The van der Waals surface area contributed by atoms with Crippen LogP contribution in [-0.4, -0.2) is 36.0 Å². The lowest BCUT2D eigenvalue weighted by Gasteiger charge is -2.10. The van der Waals surface area contributed by atoms with Crippen molar-refractivity contribution in [1.82, 2.24) is 25.0 Å². The van der Waals surface area contributed by atoms with Gasteiger partial charge in [-0.05, 0) is 19.4 Å². The molecule has 0 spiro atoms. The lowest BCUT2D eigenvalue weighted by Crippen LogP contribution is -2.15. The molecule has 2 rings (SSSR count). The van der Waals surface area contributed by atoms with Gasteiger partial charge in [-0.25, -0.2) is 9.78 Å². The summed E-state index contributed by atoms with van der Waals surface area (Å²) in [5.74, 6) is 0.538. The molecule has 0 saturated carbocycles. The van der Waals surface area contributed by atoms with E-state index >= 15 is 0 Å². The normalized spacial score (nSPS) is 10.8. The fourth-order valence-corrected chi connectivity index (χ4v) is 1.94. The van der Waals surface area contributed by atoms with Gasteiger partial charge in [-0.3, -0.25) is 0 Å². The maximum Gasteiger partial charge on any atom is 0.339 e. The fourth-order valence-electron chi connectivity index (χ4n) is 1.94. The number of carboxylic acid groups (broad SMARTS) is 1. The van der Waals surface area contributed by atoms with Crippen molar-refractivity contribution in [3.05, 3.63) is 28.5 Å². The van der Waals surface area contributed by atoms with Gasteiger partial charge in [0.1, 0.15) is 11.4 Å². The molecule has 0 fully saturated rings. The first-order valence-corrected chi connectivity index (χ1v) is 6.51. The summed E-state index contributed by atoms with van der Waals surface area (Å²) in [6, 6.07) is 0. The van der Waals surface area contributed by atoms with E-state index in [9.17, 15) is 9.90 Å². The van der Waals surface area contributed by atoms with Crippen LogP contribution in [0.5, 0.6) is 0 Å². The Morgan fingerprint density at radius 2 is 1.90 bits per heavy atom. The van der Waals surface area contributed by atoms with Crippen LogP contribution in [0.25, 0.3) is 5.82 Å². The van der Waals surface area contributed by atoms with E-state index in [-0.39, 0.29) is 11.4 Å². The molecule has 7 heteroatoms. The summed E-state index contributed by atoms with van der Waals surface area (Å²) in [6.45, 7) is 7.34. The summed E-state index contributed by atoms with van der Waals surface area (Å²) in [7, 11) is 0. The molecule has 0 radical (unpaired) electrons. The van der Waals surface area contributed by atoms with Gasteiger partial charge in [-0.2, -0.15) is 9.78 Å².